The summed E-state index contributed by atoms with van der Waals surface area (Å²) in [7, 11) is 0. The quantitative estimate of drug-likeness (QED) is 0.886. The van der Waals surface area contributed by atoms with Crippen LogP contribution in [-0.4, -0.2) is 4.57 Å². The van der Waals surface area contributed by atoms with Crippen LogP contribution in [0.1, 0.15) is 22.5 Å². The summed E-state index contributed by atoms with van der Waals surface area (Å²) in [5.74, 6) is 0. The van der Waals surface area contributed by atoms with Crippen LogP contribution in [0.5, 0.6) is 0 Å². The van der Waals surface area contributed by atoms with Gasteiger partial charge < -0.3 is 10.3 Å². The van der Waals surface area contributed by atoms with E-state index in [9.17, 15) is 13.2 Å². The normalized spacial score (nSPS) is 11.9. The van der Waals surface area contributed by atoms with E-state index >= 15 is 0 Å². The van der Waals surface area contributed by atoms with Crippen LogP contribution in [-0.2, 0) is 12.7 Å². The van der Waals surface area contributed by atoms with Gasteiger partial charge in [-0.05, 0) is 49.7 Å². The number of aromatic nitrogens is 1. The molecular weight excluding hydrogens is 253 g/mol. The van der Waals surface area contributed by atoms with Gasteiger partial charge in [-0.3, -0.25) is 0 Å². The molecule has 0 amide bonds. The van der Waals surface area contributed by atoms with Crippen LogP contribution in [0.15, 0.2) is 30.3 Å². The highest BCUT2D eigenvalue weighted by Crippen LogP contribution is 2.30. The molecule has 19 heavy (non-hydrogen) atoms. The van der Waals surface area contributed by atoms with Gasteiger partial charge in [0.2, 0.25) is 0 Å². The standard InChI is InChI=1S/C14H15F3N2/c1-9-7-11(8-18)10(2)19(9)13-5-3-12(4-6-13)14(15,16)17/h3-7H,8,18H2,1-2H3. The lowest BCUT2D eigenvalue weighted by molar-refractivity contribution is -0.137. The maximum atomic E-state index is 12.5. The summed E-state index contributed by atoms with van der Waals surface area (Å²) in [5.41, 5.74) is 8.61. The Balaban J connectivity index is 2.46. The van der Waals surface area contributed by atoms with Crippen molar-refractivity contribution in [2.75, 3.05) is 0 Å². The van der Waals surface area contributed by atoms with Crippen molar-refractivity contribution in [3.8, 4) is 5.69 Å². The van der Waals surface area contributed by atoms with E-state index in [4.69, 9.17) is 5.73 Å². The van der Waals surface area contributed by atoms with Crippen molar-refractivity contribution in [2.45, 2.75) is 26.6 Å². The predicted molar refractivity (Wildman–Crippen MR) is 68.1 cm³/mol. The summed E-state index contributed by atoms with van der Waals surface area (Å²) in [5, 5.41) is 0. The Morgan fingerprint density at radius 1 is 1.11 bits per heavy atom. The molecule has 0 aliphatic rings. The third-order valence-electron chi connectivity index (χ3n) is 3.21. The van der Waals surface area contributed by atoms with Crippen molar-refractivity contribution in [2.24, 2.45) is 5.73 Å². The lowest BCUT2D eigenvalue weighted by Crippen LogP contribution is -2.06. The van der Waals surface area contributed by atoms with E-state index in [1.54, 1.807) is 0 Å². The summed E-state index contributed by atoms with van der Waals surface area (Å²) in [6.45, 7) is 4.23. The number of benzene rings is 1. The molecule has 0 saturated carbocycles. The first-order valence-corrected chi connectivity index (χ1v) is 5.90. The second-order valence-corrected chi connectivity index (χ2v) is 4.48. The first kappa shape index (κ1) is 13.7. The van der Waals surface area contributed by atoms with Crippen molar-refractivity contribution in [3.63, 3.8) is 0 Å². The van der Waals surface area contributed by atoms with Crippen LogP contribution in [0.4, 0.5) is 13.2 Å². The van der Waals surface area contributed by atoms with E-state index < -0.39 is 11.7 Å². The minimum atomic E-state index is -4.30. The summed E-state index contributed by atoms with van der Waals surface area (Å²) >= 11 is 0. The van der Waals surface area contributed by atoms with Crippen molar-refractivity contribution in [3.05, 3.63) is 52.8 Å². The fourth-order valence-electron chi connectivity index (χ4n) is 2.23. The van der Waals surface area contributed by atoms with E-state index in [0.29, 0.717) is 12.2 Å². The third-order valence-corrected chi connectivity index (χ3v) is 3.21. The van der Waals surface area contributed by atoms with Crippen LogP contribution in [0.3, 0.4) is 0 Å². The van der Waals surface area contributed by atoms with Crippen molar-refractivity contribution in [1.29, 1.82) is 0 Å². The van der Waals surface area contributed by atoms with E-state index in [1.165, 1.54) is 12.1 Å². The minimum Gasteiger partial charge on any atom is -0.326 e. The van der Waals surface area contributed by atoms with Gasteiger partial charge in [0.25, 0.3) is 0 Å². The van der Waals surface area contributed by atoms with E-state index in [1.807, 2.05) is 24.5 Å². The fraction of sp³-hybridized carbons (Fsp3) is 0.286. The SMILES string of the molecule is Cc1cc(CN)c(C)n1-c1ccc(C(F)(F)F)cc1. The number of nitrogens with two attached hydrogens (primary N) is 1. The highest BCUT2D eigenvalue weighted by Gasteiger charge is 2.30. The number of halogens is 3. The van der Waals surface area contributed by atoms with E-state index in [-0.39, 0.29) is 0 Å². The molecule has 0 saturated heterocycles. The average molecular weight is 268 g/mol. The Kier molecular flexibility index (Phi) is 3.41. The van der Waals surface area contributed by atoms with Crippen molar-refractivity contribution < 1.29 is 13.2 Å². The number of rotatable bonds is 2. The van der Waals surface area contributed by atoms with E-state index in [2.05, 4.69) is 0 Å². The number of hydrogen-bond donors (Lipinski definition) is 1. The van der Waals surface area contributed by atoms with Gasteiger partial charge >= 0.3 is 6.18 Å². The largest absolute Gasteiger partial charge is 0.416 e. The Hall–Kier alpha value is -1.75. The summed E-state index contributed by atoms with van der Waals surface area (Å²) in [6.07, 6.45) is -4.30. The topological polar surface area (TPSA) is 30.9 Å². The second kappa shape index (κ2) is 4.74. The highest BCUT2D eigenvalue weighted by atomic mass is 19.4. The van der Waals surface area contributed by atoms with Gasteiger partial charge in [-0.25, -0.2) is 0 Å². The number of aryl methyl sites for hydroxylation is 1. The van der Waals surface area contributed by atoms with Gasteiger partial charge in [-0.1, -0.05) is 0 Å². The molecule has 2 nitrogen and oxygen atoms in total. The first-order chi connectivity index (χ1) is 8.84. The lowest BCUT2D eigenvalue weighted by atomic mass is 10.2. The van der Waals surface area contributed by atoms with Gasteiger partial charge in [0.05, 0.1) is 5.56 Å². The van der Waals surface area contributed by atoms with Gasteiger partial charge in [0.15, 0.2) is 0 Å². The molecule has 1 aromatic carbocycles. The fourth-order valence-corrected chi connectivity index (χ4v) is 2.23. The molecule has 0 spiro atoms. The number of nitrogens with zero attached hydrogens (tertiary/aromatic N) is 1. The van der Waals surface area contributed by atoms with Crippen molar-refractivity contribution in [1.82, 2.24) is 4.57 Å². The lowest BCUT2D eigenvalue weighted by Gasteiger charge is -2.12. The smallest absolute Gasteiger partial charge is 0.326 e. The molecule has 102 valence electrons. The molecule has 1 heterocycles. The summed E-state index contributed by atoms with van der Waals surface area (Å²) in [4.78, 5) is 0. The molecule has 5 heteroatoms. The molecule has 0 aliphatic carbocycles. The first-order valence-electron chi connectivity index (χ1n) is 5.90. The summed E-state index contributed by atoms with van der Waals surface area (Å²) < 4.78 is 39.5. The molecule has 2 N–H and O–H groups in total. The van der Waals surface area contributed by atoms with Crippen LogP contribution in [0, 0.1) is 13.8 Å². The zero-order valence-electron chi connectivity index (χ0n) is 10.8. The van der Waals surface area contributed by atoms with Crippen LogP contribution < -0.4 is 5.73 Å². The van der Waals surface area contributed by atoms with Crippen LogP contribution in [0.2, 0.25) is 0 Å². The van der Waals surface area contributed by atoms with Crippen molar-refractivity contribution >= 4 is 0 Å². The molecule has 2 rings (SSSR count). The molecule has 0 unspecified atom stereocenters. The van der Waals surface area contributed by atoms with Gasteiger partial charge in [-0.2, -0.15) is 13.2 Å². The summed E-state index contributed by atoms with van der Waals surface area (Å²) in [6, 6.07) is 7.09. The number of alkyl halides is 3. The molecule has 1 aromatic heterocycles. The third kappa shape index (κ3) is 2.51. The average Bonchev–Trinajstić information content (AvgIpc) is 2.63. The Morgan fingerprint density at radius 2 is 1.68 bits per heavy atom. The number of hydrogen-bond acceptors (Lipinski definition) is 1. The second-order valence-electron chi connectivity index (χ2n) is 4.48. The minimum absolute atomic E-state index is 0.417. The molecule has 0 atom stereocenters. The van der Waals surface area contributed by atoms with Crippen LogP contribution in [0.25, 0.3) is 5.69 Å². The predicted octanol–water partition coefficient (Wildman–Crippen LogP) is 3.57. The van der Waals surface area contributed by atoms with E-state index in [0.717, 1.165) is 29.1 Å². The van der Waals surface area contributed by atoms with Crippen LogP contribution >= 0.6 is 0 Å². The maximum Gasteiger partial charge on any atom is 0.416 e. The molecule has 0 fully saturated rings. The highest BCUT2D eigenvalue weighted by molar-refractivity contribution is 5.42. The molecule has 0 radical (unpaired) electrons. The molecular formula is C14H15F3N2. The van der Waals surface area contributed by atoms with Gasteiger partial charge in [0.1, 0.15) is 0 Å². The van der Waals surface area contributed by atoms with Gasteiger partial charge in [0, 0.05) is 23.6 Å². The Labute approximate surface area is 109 Å². The maximum absolute atomic E-state index is 12.5. The molecule has 0 bridgehead atoms. The molecule has 2 aromatic rings. The molecule has 0 aliphatic heterocycles. The van der Waals surface area contributed by atoms with Gasteiger partial charge in [-0.15, -0.1) is 0 Å². The Bertz CT molecular complexity index is 580. The zero-order valence-corrected chi connectivity index (χ0v) is 10.8. The zero-order chi connectivity index (χ0) is 14.2. The monoisotopic (exact) mass is 268 g/mol. The Morgan fingerprint density at radius 3 is 2.11 bits per heavy atom.